The lowest BCUT2D eigenvalue weighted by Gasteiger charge is -2.11. The van der Waals surface area contributed by atoms with E-state index in [0.717, 1.165) is 5.56 Å². The molecule has 36 heavy (non-hydrogen) atoms. The van der Waals surface area contributed by atoms with Gasteiger partial charge in [-0.15, -0.1) is 0 Å². The third kappa shape index (κ3) is 6.72. The lowest BCUT2D eigenvalue weighted by atomic mass is 10.1. The number of hydrogen-bond donors (Lipinski definition) is 1. The summed E-state index contributed by atoms with van der Waals surface area (Å²) in [6, 6.07) is 17.9. The number of benzene rings is 3. The molecule has 0 saturated carbocycles. The average Bonchev–Trinajstić information content (AvgIpc) is 2.84. The van der Waals surface area contributed by atoms with Crippen molar-refractivity contribution in [1.29, 1.82) is 5.26 Å². The second-order valence-corrected chi connectivity index (χ2v) is 9.44. The first-order valence-electron chi connectivity index (χ1n) is 10.6. The summed E-state index contributed by atoms with van der Waals surface area (Å²) in [7, 11) is -4.19. The molecule has 0 aliphatic carbocycles. The largest absolute Gasteiger partial charge is 0.462 e. The highest BCUT2D eigenvalue weighted by atomic mass is 35.5. The summed E-state index contributed by atoms with van der Waals surface area (Å²) in [5, 5.41) is 12.4. The molecule has 10 heteroatoms. The highest BCUT2D eigenvalue weighted by Crippen LogP contribution is 2.28. The zero-order chi connectivity index (χ0) is 26.3. The topological polar surface area (TPSA) is 123 Å². The molecule has 3 aromatic carbocycles. The molecule has 0 aromatic heterocycles. The first kappa shape index (κ1) is 26.5. The minimum atomic E-state index is -4.19. The van der Waals surface area contributed by atoms with E-state index in [4.69, 9.17) is 20.5 Å². The van der Waals surface area contributed by atoms with Crippen molar-refractivity contribution < 1.29 is 26.9 Å². The van der Waals surface area contributed by atoms with Crippen LogP contribution in [-0.2, 0) is 19.6 Å². The summed E-state index contributed by atoms with van der Waals surface area (Å²) in [6.45, 7) is 3.74. The van der Waals surface area contributed by atoms with Crippen molar-refractivity contribution in [2.45, 2.75) is 18.7 Å². The van der Waals surface area contributed by atoms with E-state index >= 15 is 0 Å². The summed E-state index contributed by atoms with van der Waals surface area (Å²) in [5.41, 5.74) is 1.30. The zero-order valence-corrected chi connectivity index (χ0v) is 20.9. The minimum absolute atomic E-state index is 0.0532. The molecule has 184 valence electrons. The van der Waals surface area contributed by atoms with Gasteiger partial charge in [0.1, 0.15) is 22.3 Å². The maximum absolute atomic E-state index is 12.7. The van der Waals surface area contributed by atoms with Crippen molar-refractivity contribution in [3.8, 4) is 11.8 Å². The second-order valence-electron chi connectivity index (χ2n) is 7.45. The van der Waals surface area contributed by atoms with E-state index < -0.39 is 22.0 Å². The molecule has 0 radical (unpaired) electrons. The van der Waals surface area contributed by atoms with Crippen molar-refractivity contribution in [2.24, 2.45) is 0 Å². The predicted molar refractivity (Wildman–Crippen MR) is 135 cm³/mol. The van der Waals surface area contributed by atoms with E-state index in [-0.39, 0.29) is 33.4 Å². The smallest absolute Gasteiger partial charge is 0.339 e. The van der Waals surface area contributed by atoms with Crippen LogP contribution in [0, 0.1) is 18.3 Å². The molecule has 3 aromatic rings. The number of rotatable bonds is 8. The number of nitrogens with one attached hydrogen (secondary N) is 1. The Hall–Kier alpha value is -4.13. The zero-order valence-electron chi connectivity index (χ0n) is 19.3. The number of hydrogen-bond acceptors (Lipinski definition) is 7. The van der Waals surface area contributed by atoms with Crippen LogP contribution in [0.3, 0.4) is 0 Å². The standard InChI is InChI=1S/C26H21ClN2O6S/c1-3-34-26(31)18-6-9-22(10-7-18)29-25(30)20(16-28)14-19-15-21(27)8-13-24(19)35-36(32,33)23-11-4-17(2)5-12-23/h4-15H,3H2,1-2H3,(H,29,30)/b20-14+. The first-order valence-corrected chi connectivity index (χ1v) is 12.4. The fraction of sp³-hybridized carbons (Fsp3) is 0.115. The van der Waals surface area contributed by atoms with Crippen LogP contribution in [0.4, 0.5) is 5.69 Å². The Labute approximate surface area is 213 Å². The molecule has 8 nitrogen and oxygen atoms in total. The maximum atomic E-state index is 12.7. The molecule has 0 aliphatic rings. The molecule has 0 fully saturated rings. The van der Waals surface area contributed by atoms with Crippen molar-refractivity contribution in [3.05, 3.63) is 94.0 Å². The molecule has 1 N–H and O–H groups in total. The van der Waals surface area contributed by atoms with Gasteiger partial charge in [-0.1, -0.05) is 29.3 Å². The van der Waals surface area contributed by atoms with E-state index in [1.807, 2.05) is 6.92 Å². The summed E-state index contributed by atoms with van der Waals surface area (Å²) in [4.78, 5) is 24.4. The number of ether oxygens (including phenoxy) is 1. The van der Waals surface area contributed by atoms with Gasteiger partial charge in [0.2, 0.25) is 0 Å². The molecule has 0 aliphatic heterocycles. The van der Waals surface area contributed by atoms with E-state index in [2.05, 4.69) is 5.32 Å². The minimum Gasteiger partial charge on any atom is -0.462 e. The number of carbonyl (C=O) groups excluding carboxylic acids is 2. The van der Waals surface area contributed by atoms with Gasteiger partial charge in [0, 0.05) is 16.3 Å². The van der Waals surface area contributed by atoms with Gasteiger partial charge in [0.15, 0.2) is 0 Å². The van der Waals surface area contributed by atoms with Crippen LogP contribution in [0.2, 0.25) is 5.02 Å². The van der Waals surface area contributed by atoms with Crippen molar-refractivity contribution >= 4 is 45.4 Å². The number of nitrogens with zero attached hydrogens (tertiary/aromatic N) is 1. The van der Waals surface area contributed by atoms with Gasteiger partial charge in [-0.25, -0.2) is 4.79 Å². The fourth-order valence-corrected chi connectivity index (χ4v) is 4.12. The Morgan fingerprint density at radius 2 is 1.72 bits per heavy atom. The van der Waals surface area contributed by atoms with E-state index in [1.165, 1.54) is 60.7 Å². The van der Waals surface area contributed by atoms with Gasteiger partial charge >= 0.3 is 16.1 Å². The molecule has 0 heterocycles. The maximum Gasteiger partial charge on any atom is 0.339 e. The summed E-state index contributed by atoms with van der Waals surface area (Å²) >= 11 is 6.07. The Bertz CT molecular complexity index is 1460. The first-order chi connectivity index (χ1) is 17.1. The fourth-order valence-electron chi connectivity index (χ4n) is 2.99. The van der Waals surface area contributed by atoms with Gasteiger partial charge in [-0.2, -0.15) is 13.7 Å². The normalized spacial score (nSPS) is 11.3. The van der Waals surface area contributed by atoms with E-state index in [9.17, 15) is 23.3 Å². The van der Waals surface area contributed by atoms with Crippen molar-refractivity contribution in [2.75, 3.05) is 11.9 Å². The number of halogens is 1. The number of esters is 1. The molecular weight excluding hydrogens is 504 g/mol. The monoisotopic (exact) mass is 524 g/mol. The molecule has 0 bridgehead atoms. The molecule has 0 unspecified atom stereocenters. The Balaban J connectivity index is 1.86. The van der Waals surface area contributed by atoms with Gasteiger partial charge in [0.05, 0.1) is 12.2 Å². The third-order valence-corrected chi connectivity index (χ3v) is 6.28. The SMILES string of the molecule is CCOC(=O)c1ccc(NC(=O)/C(C#N)=C/c2cc(Cl)ccc2OS(=O)(=O)c2ccc(C)cc2)cc1. The van der Waals surface area contributed by atoms with E-state index in [0.29, 0.717) is 11.3 Å². The number of carbonyl (C=O) groups is 2. The van der Waals surface area contributed by atoms with Gasteiger partial charge in [0.25, 0.3) is 5.91 Å². The summed E-state index contributed by atoms with van der Waals surface area (Å²) < 4.78 is 35.7. The van der Waals surface area contributed by atoms with Crippen molar-refractivity contribution in [1.82, 2.24) is 0 Å². The van der Waals surface area contributed by atoms with Gasteiger partial charge in [-0.3, -0.25) is 4.79 Å². The van der Waals surface area contributed by atoms with Crippen LogP contribution in [0.15, 0.2) is 77.2 Å². The third-order valence-electron chi connectivity index (χ3n) is 4.80. The van der Waals surface area contributed by atoms with Crippen molar-refractivity contribution in [3.63, 3.8) is 0 Å². The second kappa shape index (κ2) is 11.5. The number of amides is 1. The van der Waals surface area contributed by atoms with Crippen LogP contribution >= 0.6 is 11.6 Å². The van der Waals surface area contributed by atoms with Crippen LogP contribution in [-0.4, -0.2) is 26.9 Å². The van der Waals surface area contributed by atoms with Gasteiger partial charge in [-0.05, 0) is 74.5 Å². The van der Waals surface area contributed by atoms with Crippen LogP contribution in [0.1, 0.15) is 28.4 Å². The number of anilines is 1. The summed E-state index contributed by atoms with van der Waals surface area (Å²) in [5.74, 6) is -1.37. The lowest BCUT2D eigenvalue weighted by Crippen LogP contribution is -2.14. The molecule has 0 spiro atoms. The lowest BCUT2D eigenvalue weighted by molar-refractivity contribution is -0.112. The number of aryl methyl sites for hydroxylation is 1. The molecule has 0 saturated heterocycles. The average molecular weight is 525 g/mol. The van der Waals surface area contributed by atoms with E-state index in [1.54, 1.807) is 25.1 Å². The predicted octanol–water partition coefficient (Wildman–Crippen LogP) is 5.14. The van der Waals surface area contributed by atoms with Crippen LogP contribution in [0.5, 0.6) is 5.75 Å². The quantitative estimate of drug-likeness (QED) is 0.187. The number of nitriles is 1. The highest BCUT2D eigenvalue weighted by Gasteiger charge is 2.19. The highest BCUT2D eigenvalue weighted by molar-refractivity contribution is 7.87. The Morgan fingerprint density at radius 3 is 2.33 bits per heavy atom. The van der Waals surface area contributed by atoms with Crippen LogP contribution < -0.4 is 9.50 Å². The molecular formula is C26H21ClN2O6S. The molecule has 0 atom stereocenters. The van der Waals surface area contributed by atoms with Gasteiger partial charge < -0.3 is 14.2 Å². The Kier molecular flexibility index (Phi) is 8.48. The molecule has 3 rings (SSSR count). The van der Waals surface area contributed by atoms with Crippen LogP contribution in [0.25, 0.3) is 6.08 Å². The molecule has 1 amide bonds. The summed E-state index contributed by atoms with van der Waals surface area (Å²) in [6.07, 6.45) is 1.17. The Morgan fingerprint density at radius 1 is 1.06 bits per heavy atom.